The molecule has 0 aromatic heterocycles. The molecule has 0 radical (unpaired) electrons. The summed E-state index contributed by atoms with van der Waals surface area (Å²) >= 11 is 5.56. The van der Waals surface area contributed by atoms with Crippen LogP contribution in [0.25, 0.3) is 0 Å². The highest BCUT2D eigenvalue weighted by Crippen LogP contribution is 2.24. The average Bonchev–Trinajstić information content (AvgIpc) is 2.07. The number of ether oxygens (including phenoxy) is 1. The van der Waals surface area contributed by atoms with Gasteiger partial charge in [-0.15, -0.1) is 6.42 Å². The standard InChI is InChI=1S/C9H6BrIO/c1-2-5-12-9-6-7(10)3-4-8(9)11/h1,3-4,6H,5H2. The number of hydrogen-bond donors (Lipinski definition) is 0. The van der Waals surface area contributed by atoms with Crippen LogP contribution >= 0.6 is 38.5 Å². The summed E-state index contributed by atoms with van der Waals surface area (Å²) in [5.74, 6) is 3.24. The van der Waals surface area contributed by atoms with E-state index in [-0.39, 0.29) is 0 Å². The third-order valence-electron chi connectivity index (χ3n) is 1.20. The molecule has 0 N–H and O–H groups in total. The fraction of sp³-hybridized carbons (Fsp3) is 0.111. The van der Waals surface area contributed by atoms with Crippen molar-refractivity contribution in [2.75, 3.05) is 6.61 Å². The zero-order valence-corrected chi connectivity index (χ0v) is 9.92. The molecule has 0 unspecified atom stereocenters. The zero-order chi connectivity index (χ0) is 8.97. The van der Waals surface area contributed by atoms with E-state index in [0.717, 1.165) is 13.8 Å². The van der Waals surface area contributed by atoms with Gasteiger partial charge in [0.25, 0.3) is 0 Å². The maximum atomic E-state index is 5.29. The van der Waals surface area contributed by atoms with Crippen LogP contribution in [0, 0.1) is 15.9 Å². The molecule has 0 saturated carbocycles. The van der Waals surface area contributed by atoms with Crippen molar-refractivity contribution in [1.82, 2.24) is 0 Å². The van der Waals surface area contributed by atoms with Gasteiger partial charge in [-0.3, -0.25) is 0 Å². The largest absolute Gasteiger partial charge is 0.480 e. The van der Waals surface area contributed by atoms with Crippen molar-refractivity contribution in [2.24, 2.45) is 0 Å². The van der Waals surface area contributed by atoms with Crippen LogP contribution in [0.2, 0.25) is 0 Å². The molecule has 0 saturated heterocycles. The van der Waals surface area contributed by atoms with Crippen LogP contribution in [0.3, 0.4) is 0 Å². The van der Waals surface area contributed by atoms with Crippen LogP contribution < -0.4 is 4.74 Å². The van der Waals surface area contributed by atoms with Crippen LogP contribution in [0.5, 0.6) is 5.75 Å². The summed E-state index contributed by atoms with van der Waals surface area (Å²) in [7, 11) is 0. The minimum absolute atomic E-state index is 0.312. The van der Waals surface area contributed by atoms with Gasteiger partial charge < -0.3 is 4.74 Å². The summed E-state index contributed by atoms with van der Waals surface area (Å²) in [6, 6.07) is 5.83. The number of benzene rings is 1. The van der Waals surface area contributed by atoms with Gasteiger partial charge in [0.05, 0.1) is 3.57 Å². The molecule has 62 valence electrons. The molecule has 0 aliphatic carbocycles. The Hall–Kier alpha value is -0.210. The molecule has 0 aliphatic rings. The molecule has 1 rings (SSSR count). The molecule has 3 heteroatoms. The molecule has 0 bridgehead atoms. The molecule has 0 spiro atoms. The van der Waals surface area contributed by atoms with Gasteiger partial charge in [-0.1, -0.05) is 21.9 Å². The van der Waals surface area contributed by atoms with E-state index < -0.39 is 0 Å². The highest BCUT2D eigenvalue weighted by molar-refractivity contribution is 14.1. The fourth-order valence-electron chi connectivity index (χ4n) is 0.707. The van der Waals surface area contributed by atoms with Gasteiger partial charge in [0, 0.05) is 4.47 Å². The van der Waals surface area contributed by atoms with Crippen LogP contribution in [0.1, 0.15) is 0 Å². The first-order valence-electron chi connectivity index (χ1n) is 3.25. The Bertz CT molecular complexity index is 317. The Morgan fingerprint density at radius 1 is 1.58 bits per heavy atom. The molecule has 0 amide bonds. The van der Waals surface area contributed by atoms with Crippen LogP contribution in [-0.4, -0.2) is 6.61 Å². The minimum atomic E-state index is 0.312. The normalized spacial score (nSPS) is 9.08. The SMILES string of the molecule is C#CCOc1cc(Br)ccc1I. The monoisotopic (exact) mass is 336 g/mol. The smallest absolute Gasteiger partial charge is 0.148 e. The summed E-state index contributed by atoms with van der Waals surface area (Å²) in [6.45, 7) is 0.312. The van der Waals surface area contributed by atoms with E-state index in [4.69, 9.17) is 11.2 Å². The number of terminal acetylenes is 1. The molecule has 0 aliphatic heterocycles. The minimum Gasteiger partial charge on any atom is -0.480 e. The van der Waals surface area contributed by atoms with Gasteiger partial charge in [0.15, 0.2) is 0 Å². The van der Waals surface area contributed by atoms with Crippen LogP contribution in [0.15, 0.2) is 22.7 Å². The van der Waals surface area contributed by atoms with Crippen molar-refractivity contribution >= 4 is 38.5 Å². The van der Waals surface area contributed by atoms with Crippen molar-refractivity contribution in [1.29, 1.82) is 0 Å². The summed E-state index contributed by atoms with van der Waals surface area (Å²) in [4.78, 5) is 0. The predicted molar refractivity (Wildman–Crippen MR) is 61.2 cm³/mol. The van der Waals surface area contributed by atoms with Crippen LogP contribution in [-0.2, 0) is 0 Å². The van der Waals surface area contributed by atoms with Crippen molar-refractivity contribution in [3.63, 3.8) is 0 Å². The van der Waals surface area contributed by atoms with Crippen molar-refractivity contribution in [3.8, 4) is 18.1 Å². The molecule has 0 fully saturated rings. The summed E-state index contributed by atoms with van der Waals surface area (Å²) < 4.78 is 7.35. The molecule has 1 aromatic rings. The van der Waals surface area contributed by atoms with E-state index in [0.29, 0.717) is 6.61 Å². The maximum absolute atomic E-state index is 5.29. The number of halogens is 2. The Morgan fingerprint density at radius 3 is 3.00 bits per heavy atom. The summed E-state index contributed by atoms with van der Waals surface area (Å²) in [6.07, 6.45) is 5.08. The van der Waals surface area contributed by atoms with Gasteiger partial charge in [-0.25, -0.2) is 0 Å². The maximum Gasteiger partial charge on any atom is 0.148 e. The van der Waals surface area contributed by atoms with Crippen molar-refractivity contribution in [2.45, 2.75) is 0 Å². The lowest BCUT2D eigenvalue weighted by Crippen LogP contribution is -1.95. The number of hydrogen-bond acceptors (Lipinski definition) is 1. The Kier molecular flexibility index (Phi) is 3.89. The first kappa shape index (κ1) is 9.87. The third kappa shape index (κ3) is 2.68. The predicted octanol–water partition coefficient (Wildman–Crippen LogP) is 3.07. The molecule has 1 nitrogen and oxygen atoms in total. The molecule has 0 heterocycles. The van der Waals surface area contributed by atoms with Crippen LogP contribution in [0.4, 0.5) is 0 Å². The summed E-state index contributed by atoms with van der Waals surface area (Å²) in [5, 5.41) is 0. The summed E-state index contributed by atoms with van der Waals surface area (Å²) in [5.41, 5.74) is 0. The van der Waals surface area contributed by atoms with Gasteiger partial charge in [0.2, 0.25) is 0 Å². The van der Waals surface area contributed by atoms with Gasteiger partial charge >= 0.3 is 0 Å². The van der Waals surface area contributed by atoms with Crippen molar-refractivity contribution < 1.29 is 4.74 Å². The van der Waals surface area contributed by atoms with E-state index in [1.54, 1.807) is 0 Å². The van der Waals surface area contributed by atoms with E-state index in [9.17, 15) is 0 Å². The fourth-order valence-corrected chi connectivity index (χ4v) is 1.54. The zero-order valence-electron chi connectivity index (χ0n) is 6.18. The molecule has 12 heavy (non-hydrogen) atoms. The highest BCUT2D eigenvalue weighted by atomic mass is 127. The van der Waals surface area contributed by atoms with E-state index >= 15 is 0 Å². The topological polar surface area (TPSA) is 9.23 Å². The highest BCUT2D eigenvalue weighted by Gasteiger charge is 1.99. The lowest BCUT2D eigenvalue weighted by Gasteiger charge is -2.04. The average molecular weight is 337 g/mol. The Labute approximate surface area is 93.8 Å². The van der Waals surface area contributed by atoms with Crippen molar-refractivity contribution in [3.05, 3.63) is 26.2 Å². The molecular formula is C9H6BrIO. The quantitative estimate of drug-likeness (QED) is 0.596. The third-order valence-corrected chi connectivity index (χ3v) is 2.59. The first-order valence-corrected chi connectivity index (χ1v) is 5.12. The molecule has 1 aromatic carbocycles. The second-order valence-corrected chi connectivity index (χ2v) is 4.15. The second kappa shape index (κ2) is 4.73. The molecular weight excluding hydrogens is 331 g/mol. The molecule has 0 atom stereocenters. The van der Waals surface area contributed by atoms with E-state index in [1.165, 1.54) is 0 Å². The number of rotatable bonds is 2. The lowest BCUT2D eigenvalue weighted by atomic mass is 10.3. The Balaban J connectivity index is 2.84. The first-order chi connectivity index (χ1) is 5.74. The second-order valence-electron chi connectivity index (χ2n) is 2.07. The lowest BCUT2D eigenvalue weighted by molar-refractivity contribution is 0.367. The van der Waals surface area contributed by atoms with Gasteiger partial charge in [0.1, 0.15) is 12.4 Å². The van der Waals surface area contributed by atoms with Gasteiger partial charge in [-0.05, 0) is 40.8 Å². The Morgan fingerprint density at radius 2 is 2.33 bits per heavy atom. The van der Waals surface area contributed by atoms with Gasteiger partial charge in [-0.2, -0.15) is 0 Å². The van der Waals surface area contributed by atoms with E-state index in [1.807, 2.05) is 18.2 Å². The van der Waals surface area contributed by atoms with E-state index in [2.05, 4.69) is 44.4 Å².